The number of hydrogen-bond acceptors (Lipinski definition) is 4. The van der Waals surface area contributed by atoms with Crippen LogP contribution in [0.1, 0.15) is 36.6 Å². The van der Waals surface area contributed by atoms with E-state index in [0.29, 0.717) is 12.1 Å². The van der Waals surface area contributed by atoms with Crippen molar-refractivity contribution in [2.45, 2.75) is 31.7 Å². The molecule has 0 unspecified atom stereocenters. The van der Waals surface area contributed by atoms with Gasteiger partial charge in [0.05, 0.1) is 17.5 Å². The van der Waals surface area contributed by atoms with E-state index >= 15 is 0 Å². The lowest BCUT2D eigenvalue weighted by molar-refractivity contribution is -0.117. The Kier molecular flexibility index (Phi) is 6.99. The second-order valence-corrected chi connectivity index (χ2v) is 11.9. The van der Waals surface area contributed by atoms with Gasteiger partial charge in [-0.05, 0) is 60.8 Å². The molecule has 3 aromatic rings. The second-order valence-electron chi connectivity index (χ2n) is 10.0. The fourth-order valence-electron chi connectivity index (χ4n) is 5.36. The van der Waals surface area contributed by atoms with Crippen molar-refractivity contribution >= 4 is 15.8 Å². The number of aryl methyl sites for hydroxylation is 1. The highest BCUT2D eigenvalue weighted by molar-refractivity contribution is 7.89. The molecule has 1 fully saturated rings. The highest BCUT2D eigenvalue weighted by atomic mass is 32.2. The van der Waals surface area contributed by atoms with Crippen molar-refractivity contribution in [2.75, 3.05) is 26.2 Å². The Balaban J connectivity index is 1.54. The highest BCUT2D eigenvalue weighted by Crippen LogP contribution is 2.36. The number of carbonyl (C=O) groups is 1. The lowest BCUT2D eigenvalue weighted by Crippen LogP contribution is -2.37. The van der Waals surface area contributed by atoms with Crippen LogP contribution >= 0.6 is 0 Å². The average Bonchev–Trinajstić information content (AvgIpc) is 3.36. The molecule has 0 aliphatic carbocycles. The molecule has 0 N–H and O–H groups in total. The van der Waals surface area contributed by atoms with Crippen molar-refractivity contribution in [3.05, 3.63) is 124 Å². The molecule has 5 nitrogen and oxygen atoms in total. The number of benzene rings is 3. The molecule has 0 spiro atoms. The van der Waals surface area contributed by atoms with E-state index in [2.05, 4.69) is 36.1 Å². The molecule has 0 aromatic heterocycles. The van der Waals surface area contributed by atoms with E-state index in [0.717, 1.165) is 33.4 Å². The number of fused-ring (bicyclic) bond motifs is 1. The summed E-state index contributed by atoms with van der Waals surface area (Å²) in [6.07, 6.45) is 0. The van der Waals surface area contributed by atoms with Gasteiger partial charge in [0.2, 0.25) is 10.0 Å². The summed E-state index contributed by atoms with van der Waals surface area (Å²) in [5.74, 6) is 0.0337. The van der Waals surface area contributed by atoms with E-state index in [1.165, 1.54) is 4.31 Å². The summed E-state index contributed by atoms with van der Waals surface area (Å²) in [5.41, 5.74) is 6.82. The second kappa shape index (κ2) is 10.2. The number of ketones is 1. The van der Waals surface area contributed by atoms with Crippen molar-refractivity contribution in [2.24, 2.45) is 0 Å². The molecule has 0 atom stereocenters. The zero-order valence-electron chi connectivity index (χ0n) is 21.5. The predicted molar refractivity (Wildman–Crippen MR) is 147 cm³/mol. The molecule has 0 radical (unpaired) electrons. The number of nitrogens with zero attached hydrogens (tertiary/aromatic N) is 2. The summed E-state index contributed by atoms with van der Waals surface area (Å²) < 4.78 is 28.5. The van der Waals surface area contributed by atoms with Gasteiger partial charge in [0.1, 0.15) is 0 Å². The third kappa shape index (κ3) is 4.97. The summed E-state index contributed by atoms with van der Waals surface area (Å²) in [6, 6.07) is 27.3. The predicted octanol–water partition coefficient (Wildman–Crippen LogP) is 5.31. The van der Waals surface area contributed by atoms with E-state index in [1.54, 1.807) is 12.1 Å². The van der Waals surface area contributed by atoms with Crippen molar-refractivity contribution in [3.63, 3.8) is 0 Å². The Bertz CT molecular complexity index is 1430. The van der Waals surface area contributed by atoms with Crippen LogP contribution in [0.2, 0.25) is 0 Å². The van der Waals surface area contributed by atoms with Crippen LogP contribution in [0.15, 0.2) is 112 Å². The quantitative estimate of drug-likeness (QED) is 0.465. The molecule has 2 heterocycles. The maximum Gasteiger partial charge on any atom is 0.243 e. The molecule has 0 saturated carbocycles. The van der Waals surface area contributed by atoms with E-state index in [-0.39, 0.29) is 36.4 Å². The summed E-state index contributed by atoms with van der Waals surface area (Å²) in [4.78, 5) is 16.1. The first-order chi connectivity index (χ1) is 17.8. The Morgan fingerprint density at radius 3 is 1.78 bits per heavy atom. The van der Waals surface area contributed by atoms with Gasteiger partial charge in [-0.1, -0.05) is 83.9 Å². The van der Waals surface area contributed by atoms with Crippen molar-refractivity contribution in [1.82, 2.24) is 9.21 Å². The SMILES string of the molecule is CC1=C2CN(S(=O)(=O)c3ccc(C)cc3)CC2=C(C)C(=O)CN(C(c2ccccc2)c2ccccc2)C1. The van der Waals surface area contributed by atoms with Crippen LogP contribution in [0.3, 0.4) is 0 Å². The van der Waals surface area contributed by atoms with Crippen LogP contribution in [0.25, 0.3) is 0 Å². The molecule has 3 aromatic carbocycles. The van der Waals surface area contributed by atoms with Crippen LogP contribution in [0, 0.1) is 6.92 Å². The van der Waals surface area contributed by atoms with Crippen LogP contribution in [-0.4, -0.2) is 49.6 Å². The number of hydrogen-bond donors (Lipinski definition) is 0. The van der Waals surface area contributed by atoms with Gasteiger partial charge in [0.25, 0.3) is 0 Å². The Hall–Kier alpha value is -3.32. The first-order valence-corrected chi connectivity index (χ1v) is 14.0. The highest BCUT2D eigenvalue weighted by Gasteiger charge is 2.37. The maximum absolute atomic E-state index is 13.6. The summed E-state index contributed by atoms with van der Waals surface area (Å²) >= 11 is 0. The molecule has 0 amide bonds. The minimum atomic E-state index is -3.68. The minimum Gasteiger partial charge on any atom is -0.293 e. The maximum atomic E-state index is 13.6. The van der Waals surface area contributed by atoms with Gasteiger partial charge < -0.3 is 0 Å². The van der Waals surface area contributed by atoms with Crippen LogP contribution in [-0.2, 0) is 14.8 Å². The van der Waals surface area contributed by atoms with Crippen LogP contribution in [0.4, 0.5) is 0 Å². The zero-order chi connectivity index (χ0) is 26.2. The standard InChI is InChI=1S/C31H32N2O3S/c1-22-14-16-27(17-15-22)37(35,36)33-19-28-23(2)18-32(21-30(34)24(3)29(28)20-33)31(25-10-6-4-7-11-25)26-12-8-5-9-13-26/h4-17,31H,18-21H2,1-3H3. The van der Waals surface area contributed by atoms with Gasteiger partial charge in [0.15, 0.2) is 5.78 Å². The number of Topliss-reactive ketones (excluding diaryl/α,β-unsaturated/α-hetero) is 1. The van der Waals surface area contributed by atoms with E-state index in [1.807, 2.05) is 62.4 Å². The lowest BCUT2D eigenvalue weighted by Gasteiger charge is -2.34. The first kappa shape index (κ1) is 25.3. The number of carbonyl (C=O) groups excluding carboxylic acids is 1. The smallest absolute Gasteiger partial charge is 0.243 e. The molecular formula is C31H32N2O3S. The number of rotatable bonds is 5. The molecule has 2 aliphatic rings. The van der Waals surface area contributed by atoms with E-state index in [9.17, 15) is 13.2 Å². The summed E-state index contributed by atoms with van der Waals surface area (Å²) in [5, 5.41) is 0. The van der Waals surface area contributed by atoms with Gasteiger partial charge in [-0.2, -0.15) is 4.31 Å². The Labute approximate surface area is 219 Å². The summed E-state index contributed by atoms with van der Waals surface area (Å²) in [6.45, 7) is 7.19. The number of sulfonamides is 1. The Morgan fingerprint density at radius 1 is 0.676 bits per heavy atom. The minimum absolute atomic E-state index is 0.0337. The molecule has 190 valence electrons. The molecule has 2 aliphatic heterocycles. The zero-order valence-corrected chi connectivity index (χ0v) is 22.3. The fraction of sp³-hybridized carbons (Fsp3) is 0.258. The van der Waals surface area contributed by atoms with Gasteiger partial charge >= 0.3 is 0 Å². The van der Waals surface area contributed by atoms with Crippen LogP contribution < -0.4 is 0 Å². The van der Waals surface area contributed by atoms with Crippen molar-refractivity contribution in [1.29, 1.82) is 0 Å². The Morgan fingerprint density at radius 2 is 1.22 bits per heavy atom. The van der Waals surface area contributed by atoms with Gasteiger partial charge in [-0.3, -0.25) is 9.69 Å². The van der Waals surface area contributed by atoms with Gasteiger partial charge in [0, 0.05) is 19.6 Å². The monoisotopic (exact) mass is 512 g/mol. The average molecular weight is 513 g/mol. The third-order valence-corrected chi connectivity index (χ3v) is 9.27. The fourth-order valence-corrected chi connectivity index (χ4v) is 6.74. The molecule has 1 saturated heterocycles. The molecular weight excluding hydrogens is 480 g/mol. The van der Waals surface area contributed by atoms with E-state index in [4.69, 9.17) is 0 Å². The van der Waals surface area contributed by atoms with Crippen LogP contribution in [0.5, 0.6) is 0 Å². The largest absolute Gasteiger partial charge is 0.293 e. The third-order valence-electron chi connectivity index (χ3n) is 7.46. The van der Waals surface area contributed by atoms with E-state index < -0.39 is 10.0 Å². The first-order valence-electron chi connectivity index (χ1n) is 12.6. The van der Waals surface area contributed by atoms with Crippen molar-refractivity contribution < 1.29 is 13.2 Å². The topological polar surface area (TPSA) is 57.7 Å². The van der Waals surface area contributed by atoms with Gasteiger partial charge in [-0.15, -0.1) is 0 Å². The van der Waals surface area contributed by atoms with Gasteiger partial charge in [-0.25, -0.2) is 8.42 Å². The molecule has 5 rings (SSSR count). The van der Waals surface area contributed by atoms with Crippen molar-refractivity contribution in [3.8, 4) is 0 Å². The molecule has 6 heteroatoms. The summed E-state index contributed by atoms with van der Waals surface area (Å²) in [7, 11) is -3.68. The molecule has 0 bridgehead atoms. The lowest BCUT2D eigenvalue weighted by atomic mass is 9.91. The normalized spacial score (nSPS) is 17.8. The molecule has 37 heavy (non-hydrogen) atoms.